The minimum absolute atomic E-state index is 0.256. The summed E-state index contributed by atoms with van der Waals surface area (Å²) in [5.74, 6) is -0.318. The Labute approximate surface area is 108 Å². The maximum absolute atomic E-state index is 10.8. The van der Waals surface area contributed by atoms with Crippen LogP contribution in [0.15, 0.2) is 18.3 Å². The molecule has 0 amide bonds. The topological polar surface area (TPSA) is 65.5 Å². The van der Waals surface area contributed by atoms with Crippen LogP contribution in [0.1, 0.15) is 30.6 Å². The van der Waals surface area contributed by atoms with E-state index in [0.717, 1.165) is 19.5 Å². The summed E-state index contributed by atoms with van der Waals surface area (Å²) < 4.78 is 0. The molecular formula is C13H21N3O2. The molecule has 1 heterocycles. The smallest absolute Gasteiger partial charge is 0.335 e. The van der Waals surface area contributed by atoms with E-state index in [9.17, 15) is 4.79 Å². The molecule has 0 radical (unpaired) electrons. The Morgan fingerprint density at radius 3 is 2.89 bits per heavy atom. The molecule has 0 aromatic carbocycles. The Balaban J connectivity index is 2.35. The van der Waals surface area contributed by atoms with Crippen LogP contribution in [0.25, 0.3) is 0 Å². The van der Waals surface area contributed by atoms with Crippen LogP contribution in [-0.4, -0.2) is 47.1 Å². The van der Waals surface area contributed by atoms with Crippen molar-refractivity contribution in [1.29, 1.82) is 0 Å². The summed E-state index contributed by atoms with van der Waals surface area (Å²) in [6.45, 7) is 6.10. The third-order valence-corrected chi connectivity index (χ3v) is 2.88. The second-order valence-corrected chi connectivity index (χ2v) is 4.59. The van der Waals surface area contributed by atoms with Gasteiger partial charge in [-0.1, -0.05) is 0 Å². The Bertz CT molecular complexity index is 394. The number of carboxylic acid groups (broad SMARTS) is 1. The zero-order chi connectivity index (χ0) is 13.5. The van der Waals surface area contributed by atoms with Crippen molar-refractivity contribution in [2.45, 2.75) is 26.3 Å². The molecule has 0 aliphatic carbocycles. The van der Waals surface area contributed by atoms with E-state index in [4.69, 9.17) is 5.11 Å². The fourth-order valence-corrected chi connectivity index (χ4v) is 1.46. The van der Waals surface area contributed by atoms with Crippen molar-refractivity contribution < 1.29 is 9.90 Å². The van der Waals surface area contributed by atoms with Crippen LogP contribution in [0.2, 0.25) is 0 Å². The molecule has 0 unspecified atom stereocenters. The zero-order valence-corrected chi connectivity index (χ0v) is 11.2. The molecule has 18 heavy (non-hydrogen) atoms. The predicted molar refractivity (Wildman–Crippen MR) is 72.1 cm³/mol. The van der Waals surface area contributed by atoms with Gasteiger partial charge in [-0.05, 0) is 46.0 Å². The average Bonchev–Trinajstić information content (AvgIpc) is 2.34. The highest BCUT2D eigenvalue weighted by molar-refractivity contribution is 5.88. The number of rotatable bonds is 7. The van der Waals surface area contributed by atoms with E-state index < -0.39 is 5.97 Å². The number of anilines is 1. The average molecular weight is 251 g/mol. The molecule has 0 saturated carbocycles. The molecule has 100 valence electrons. The van der Waals surface area contributed by atoms with Crippen LogP contribution in [0.3, 0.4) is 0 Å². The quantitative estimate of drug-likeness (QED) is 0.725. The van der Waals surface area contributed by atoms with Crippen molar-refractivity contribution in [2.75, 3.05) is 25.5 Å². The molecule has 1 rings (SSSR count). The van der Waals surface area contributed by atoms with Crippen LogP contribution in [0.4, 0.5) is 5.82 Å². The summed E-state index contributed by atoms with van der Waals surface area (Å²) >= 11 is 0. The summed E-state index contributed by atoms with van der Waals surface area (Å²) in [6, 6.07) is 3.58. The van der Waals surface area contributed by atoms with E-state index >= 15 is 0 Å². The lowest BCUT2D eigenvalue weighted by molar-refractivity contribution is 0.0697. The van der Waals surface area contributed by atoms with E-state index in [1.165, 1.54) is 12.3 Å². The van der Waals surface area contributed by atoms with Gasteiger partial charge in [0.1, 0.15) is 5.82 Å². The van der Waals surface area contributed by atoms with Gasteiger partial charge < -0.3 is 15.3 Å². The minimum Gasteiger partial charge on any atom is -0.478 e. The second kappa shape index (κ2) is 6.96. The zero-order valence-electron chi connectivity index (χ0n) is 11.2. The van der Waals surface area contributed by atoms with E-state index in [1.807, 2.05) is 0 Å². The Morgan fingerprint density at radius 2 is 2.28 bits per heavy atom. The highest BCUT2D eigenvalue weighted by atomic mass is 16.4. The number of nitrogens with zero attached hydrogens (tertiary/aromatic N) is 2. The van der Waals surface area contributed by atoms with Crippen molar-refractivity contribution in [1.82, 2.24) is 9.88 Å². The van der Waals surface area contributed by atoms with E-state index in [-0.39, 0.29) is 5.56 Å². The van der Waals surface area contributed by atoms with Crippen molar-refractivity contribution in [3.05, 3.63) is 23.9 Å². The molecule has 0 spiro atoms. The van der Waals surface area contributed by atoms with Gasteiger partial charge >= 0.3 is 5.97 Å². The van der Waals surface area contributed by atoms with Crippen LogP contribution < -0.4 is 5.32 Å². The first-order chi connectivity index (χ1) is 8.50. The van der Waals surface area contributed by atoms with Crippen molar-refractivity contribution in [2.24, 2.45) is 0 Å². The van der Waals surface area contributed by atoms with Gasteiger partial charge in [-0.25, -0.2) is 9.78 Å². The molecule has 1 aromatic rings. The Hall–Kier alpha value is -1.62. The number of nitrogens with one attached hydrogen (secondary N) is 1. The van der Waals surface area contributed by atoms with Gasteiger partial charge in [0.25, 0.3) is 0 Å². The molecule has 0 bridgehead atoms. The lowest BCUT2D eigenvalue weighted by Gasteiger charge is -2.20. The summed E-state index contributed by atoms with van der Waals surface area (Å²) in [4.78, 5) is 17.1. The number of aromatic nitrogens is 1. The highest BCUT2D eigenvalue weighted by Crippen LogP contribution is 2.06. The summed E-state index contributed by atoms with van der Waals surface area (Å²) in [5, 5.41) is 12.0. The van der Waals surface area contributed by atoms with Gasteiger partial charge in [0.15, 0.2) is 0 Å². The molecule has 0 saturated heterocycles. The molecule has 0 fully saturated rings. The van der Waals surface area contributed by atoms with Crippen LogP contribution in [0, 0.1) is 0 Å². The third-order valence-electron chi connectivity index (χ3n) is 2.88. The predicted octanol–water partition coefficient (Wildman–Crippen LogP) is 1.92. The molecular weight excluding hydrogens is 230 g/mol. The highest BCUT2D eigenvalue weighted by Gasteiger charge is 2.04. The fraction of sp³-hybridized carbons (Fsp3) is 0.538. The number of carbonyl (C=O) groups is 1. The first kappa shape index (κ1) is 14.4. The Kier molecular flexibility index (Phi) is 5.58. The van der Waals surface area contributed by atoms with E-state index in [0.29, 0.717) is 11.9 Å². The van der Waals surface area contributed by atoms with Gasteiger partial charge in [0.2, 0.25) is 0 Å². The van der Waals surface area contributed by atoms with Gasteiger partial charge in [0, 0.05) is 18.8 Å². The number of hydrogen-bond donors (Lipinski definition) is 2. The van der Waals surface area contributed by atoms with Gasteiger partial charge in [-0.15, -0.1) is 0 Å². The maximum atomic E-state index is 10.8. The first-order valence-corrected chi connectivity index (χ1v) is 6.14. The molecule has 0 aliphatic heterocycles. The van der Waals surface area contributed by atoms with Crippen LogP contribution in [0.5, 0.6) is 0 Å². The third kappa shape index (κ3) is 4.71. The molecule has 0 aliphatic rings. The monoisotopic (exact) mass is 251 g/mol. The molecule has 2 N–H and O–H groups in total. The first-order valence-electron chi connectivity index (χ1n) is 6.14. The van der Waals surface area contributed by atoms with Crippen LogP contribution in [-0.2, 0) is 0 Å². The SMILES string of the molecule is CC(C)N(C)CCCNc1cc(C(=O)O)ccn1. The van der Waals surface area contributed by atoms with Crippen molar-refractivity contribution in [3.63, 3.8) is 0 Å². The van der Waals surface area contributed by atoms with Crippen LogP contribution >= 0.6 is 0 Å². The largest absolute Gasteiger partial charge is 0.478 e. The number of aromatic carboxylic acids is 1. The minimum atomic E-state index is -0.931. The standard InChI is InChI=1S/C13H21N3O2/c1-10(2)16(3)8-4-6-14-12-9-11(13(17)18)5-7-15-12/h5,7,9-10H,4,6,8H2,1-3H3,(H,14,15)(H,17,18). The number of carboxylic acids is 1. The lowest BCUT2D eigenvalue weighted by atomic mass is 10.2. The van der Waals surface area contributed by atoms with Gasteiger partial charge in [-0.2, -0.15) is 0 Å². The summed E-state index contributed by atoms with van der Waals surface area (Å²) in [5.41, 5.74) is 0.256. The number of hydrogen-bond acceptors (Lipinski definition) is 4. The van der Waals surface area contributed by atoms with Crippen molar-refractivity contribution >= 4 is 11.8 Å². The fourth-order valence-electron chi connectivity index (χ4n) is 1.46. The Morgan fingerprint density at radius 1 is 1.56 bits per heavy atom. The normalized spacial score (nSPS) is 10.9. The number of pyridine rings is 1. The summed E-state index contributed by atoms with van der Waals surface area (Å²) in [6.07, 6.45) is 2.50. The van der Waals surface area contributed by atoms with E-state index in [1.54, 1.807) is 6.07 Å². The summed E-state index contributed by atoms with van der Waals surface area (Å²) in [7, 11) is 2.09. The van der Waals surface area contributed by atoms with Crippen molar-refractivity contribution in [3.8, 4) is 0 Å². The maximum Gasteiger partial charge on any atom is 0.335 e. The van der Waals surface area contributed by atoms with Gasteiger partial charge in [0.05, 0.1) is 5.56 Å². The molecule has 1 aromatic heterocycles. The molecule has 0 atom stereocenters. The second-order valence-electron chi connectivity index (χ2n) is 4.59. The molecule has 5 nitrogen and oxygen atoms in total. The molecule has 5 heteroatoms. The van der Waals surface area contributed by atoms with E-state index in [2.05, 4.69) is 36.1 Å². The van der Waals surface area contributed by atoms with Gasteiger partial charge in [-0.3, -0.25) is 0 Å². The lowest BCUT2D eigenvalue weighted by Crippen LogP contribution is -2.28.